The molecule has 0 aromatic rings. The van der Waals surface area contributed by atoms with Crippen molar-refractivity contribution >= 4 is 17.6 Å². The molecule has 2 heteroatoms. The zero-order valence-corrected chi connectivity index (χ0v) is 16.2. The number of rotatable bonds is 2. The van der Waals surface area contributed by atoms with Crippen molar-refractivity contribution in [1.82, 2.24) is 0 Å². The van der Waals surface area contributed by atoms with Crippen LogP contribution in [0.15, 0.2) is 0 Å². The SMILES string of the molecule is C[C@@H]1[C@H](B(Cl)[C@H]2C[C@@H]3C[C@H]([C@H]2C)C3(C)C)C[C@@H]2C[C@@H]1C2(C)C. The van der Waals surface area contributed by atoms with Crippen molar-refractivity contribution in [3.8, 4) is 0 Å². The minimum Gasteiger partial charge on any atom is -0.195 e. The topological polar surface area (TPSA) is 0 Å². The summed E-state index contributed by atoms with van der Waals surface area (Å²) in [7, 11) is 0. The van der Waals surface area contributed by atoms with Gasteiger partial charge in [0.2, 0.25) is 0 Å². The Morgan fingerprint density at radius 2 is 1.09 bits per heavy atom. The van der Waals surface area contributed by atoms with E-state index < -0.39 is 0 Å². The monoisotopic (exact) mass is 320 g/mol. The van der Waals surface area contributed by atoms with Gasteiger partial charge in [-0.3, -0.25) is 0 Å². The van der Waals surface area contributed by atoms with Gasteiger partial charge in [-0.1, -0.05) is 54.4 Å². The van der Waals surface area contributed by atoms with E-state index in [0.29, 0.717) is 17.0 Å². The van der Waals surface area contributed by atoms with Crippen molar-refractivity contribution in [3.63, 3.8) is 0 Å². The van der Waals surface area contributed by atoms with E-state index in [1.165, 1.54) is 25.7 Å². The predicted molar refractivity (Wildman–Crippen MR) is 97.4 cm³/mol. The molecular formula is C20H34BCl. The van der Waals surface area contributed by atoms with Crippen molar-refractivity contribution in [2.75, 3.05) is 0 Å². The van der Waals surface area contributed by atoms with Crippen LogP contribution in [0.25, 0.3) is 0 Å². The molecule has 0 spiro atoms. The molecule has 0 heterocycles. The molecule has 0 amide bonds. The molecule has 0 N–H and O–H groups in total. The summed E-state index contributed by atoms with van der Waals surface area (Å²) in [5.74, 6) is 7.00. The highest BCUT2D eigenvalue weighted by atomic mass is 35.5. The average molecular weight is 321 g/mol. The van der Waals surface area contributed by atoms with Gasteiger partial charge in [0.05, 0.1) is 0 Å². The third kappa shape index (κ3) is 1.84. The van der Waals surface area contributed by atoms with Gasteiger partial charge in [0, 0.05) is 0 Å². The largest absolute Gasteiger partial charge is 0.257 e. The Labute approximate surface area is 143 Å². The van der Waals surface area contributed by atoms with Crippen LogP contribution < -0.4 is 0 Å². The fourth-order valence-electron chi connectivity index (χ4n) is 7.54. The highest BCUT2D eigenvalue weighted by molar-refractivity contribution is 7.08. The number of hydrogen-bond acceptors (Lipinski definition) is 0. The second kappa shape index (κ2) is 4.71. The summed E-state index contributed by atoms with van der Waals surface area (Å²) in [6.45, 7) is 15.0. The summed E-state index contributed by atoms with van der Waals surface area (Å²) < 4.78 is 0. The van der Waals surface area contributed by atoms with Gasteiger partial charge in [-0.15, -0.1) is 0 Å². The highest BCUT2D eigenvalue weighted by Gasteiger charge is 2.62. The maximum atomic E-state index is 7.19. The van der Waals surface area contributed by atoms with Crippen molar-refractivity contribution in [1.29, 1.82) is 0 Å². The average Bonchev–Trinajstić information content (AvgIpc) is 2.45. The predicted octanol–water partition coefficient (Wildman–Crippen LogP) is 6.36. The lowest BCUT2D eigenvalue weighted by Gasteiger charge is -2.65. The van der Waals surface area contributed by atoms with Crippen LogP contribution in [0.3, 0.4) is 0 Å². The molecule has 0 radical (unpaired) electrons. The Balaban J connectivity index is 1.49. The van der Waals surface area contributed by atoms with E-state index in [1.807, 2.05) is 0 Å². The Hall–Kier alpha value is 0.355. The number of halogens is 1. The molecule has 6 aliphatic carbocycles. The van der Waals surface area contributed by atoms with Crippen LogP contribution in [-0.2, 0) is 0 Å². The van der Waals surface area contributed by atoms with E-state index in [1.54, 1.807) is 0 Å². The van der Waals surface area contributed by atoms with E-state index >= 15 is 0 Å². The highest BCUT2D eigenvalue weighted by Crippen LogP contribution is 2.69. The normalized spacial score (nSPS) is 54.1. The molecule has 0 aromatic heterocycles. The Bertz CT molecular complexity index is 428. The Kier molecular flexibility index (Phi) is 3.39. The van der Waals surface area contributed by atoms with Gasteiger partial charge >= 0.3 is 0 Å². The van der Waals surface area contributed by atoms with Crippen molar-refractivity contribution in [2.24, 2.45) is 46.3 Å². The summed E-state index contributed by atoms with van der Waals surface area (Å²) in [5, 5.41) is 0. The lowest BCUT2D eigenvalue weighted by Crippen LogP contribution is -2.58. The molecule has 22 heavy (non-hydrogen) atoms. The first-order chi connectivity index (χ1) is 10.2. The molecule has 6 aliphatic rings. The summed E-state index contributed by atoms with van der Waals surface area (Å²) in [5.41, 5.74) is 1.18. The molecule has 6 rings (SSSR count). The molecule has 0 saturated heterocycles. The summed E-state index contributed by atoms with van der Waals surface area (Å²) >= 11 is 7.19. The lowest BCUT2D eigenvalue weighted by atomic mass is 9.30. The van der Waals surface area contributed by atoms with Crippen LogP contribution >= 0.6 is 11.5 Å². The van der Waals surface area contributed by atoms with E-state index in [4.69, 9.17) is 11.5 Å². The molecule has 6 fully saturated rings. The lowest BCUT2D eigenvalue weighted by molar-refractivity contribution is -0.106. The molecule has 8 atom stereocenters. The fourth-order valence-corrected chi connectivity index (χ4v) is 8.20. The summed E-state index contributed by atoms with van der Waals surface area (Å²) in [6.07, 6.45) is 6.20. The van der Waals surface area contributed by atoms with Crippen LogP contribution in [0.5, 0.6) is 0 Å². The summed E-state index contributed by atoms with van der Waals surface area (Å²) in [4.78, 5) is 0. The second-order valence-corrected chi connectivity index (χ2v) is 11.2. The third-order valence-corrected chi connectivity index (χ3v) is 10.3. The van der Waals surface area contributed by atoms with Crippen LogP contribution in [0.1, 0.15) is 67.2 Å². The minimum absolute atomic E-state index is 0.438. The molecule has 0 aliphatic heterocycles. The maximum absolute atomic E-state index is 7.19. The van der Waals surface area contributed by atoms with Crippen molar-refractivity contribution in [2.45, 2.75) is 78.9 Å². The van der Waals surface area contributed by atoms with Crippen LogP contribution in [0.2, 0.25) is 11.6 Å². The van der Waals surface area contributed by atoms with Crippen molar-refractivity contribution < 1.29 is 0 Å². The zero-order valence-electron chi connectivity index (χ0n) is 15.4. The van der Waals surface area contributed by atoms with E-state index in [9.17, 15) is 0 Å². The molecule has 0 aromatic carbocycles. The standard InChI is InChI=1S/C20H34BCl/c1-11-15-7-13(19(15,3)4)9-17(11)21(22)18-10-14-8-16(12(18)2)20(14,5)6/h11-18H,7-10H2,1-6H3/t11-,12+,13-,14-,15-,16+,17+,18-/m0/s1. The molecule has 124 valence electrons. The van der Waals surface area contributed by atoms with Gasteiger partial charge in [0.1, 0.15) is 0 Å². The molecule has 0 unspecified atom stereocenters. The summed E-state index contributed by atoms with van der Waals surface area (Å²) in [6, 6.07) is 0. The van der Waals surface area contributed by atoms with Gasteiger partial charge in [-0.25, -0.2) is 0 Å². The van der Waals surface area contributed by atoms with Crippen LogP contribution in [0, 0.1) is 46.3 Å². The number of fused-ring (bicyclic) bond motifs is 4. The first kappa shape index (κ1) is 15.9. The molecule has 0 nitrogen and oxygen atoms in total. The first-order valence-corrected chi connectivity index (χ1v) is 10.2. The van der Waals surface area contributed by atoms with Gasteiger partial charge in [0.25, 0.3) is 6.13 Å². The maximum Gasteiger partial charge on any atom is 0.257 e. The second-order valence-electron chi connectivity index (χ2n) is 10.7. The van der Waals surface area contributed by atoms with E-state index in [0.717, 1.165) is 47.1 Å². The zero-order chi connectivity index (χ0) is 16.0. The van der Waals surface area contributed by atoms with E-state index in [2.05, 4.69) is 41.5 Å². The third-order valence-electron chi connectivity index (χ3n) is 9.64. The van der Waals surface area contributed by atoms with Crippen LogP contribution in [0.4, 0.5) is 0 Å². The van der Waals surface area contributed by atoms with Crippen molar-refractivity contribution in [3.05, 3.63) is 0 Å². The fraction of sp³-hybridized carbons (Fsp3) is 1.00. The van der Waals surface area contributed by atoms with Gasteiger partial charge < -0.3 is 0 Å². The number of hydrogen-bond donors (Lipinski definition) is 0. The minimum atomic E-state index is 0.438. The van der Waals surface area contributed by atoms with Crippen LogP contribution in [-0.4, -0.2) is 6.13 Å². The molecule has 4 bridgehead atoms. The first-order valence-electron chi connectivity index (χ1n) is 9.79. The van der Waals surface area contributed by atoms with Gasteiger partial charge in [-0.2, -0.15) is 11.5 Å². The molecular weight excluding hydrogens is 286 g/mol. The van der Waals surface area contributed by atoms with E-state index in [-0.39, 0.29) is 0 Å². The van der Waals surface area contributed by atoms with Gasteiger partial charge in [0.15, 0.2) is 0 Å². The molecule has 6 saturated carbocycles. The van der Waals surface area contributed by atoms with Gasteiger partial charge in [-0.05, 0) is 70.8 Å². The Morgan fingerprint density at radius 1 is 0.727 bits per heavy atom. The quantitative estimate of drug-likeness (QED) is 0.519. The smallest absolute Gasteiger partial charge is 0.195 e. The Morgan fingerprint density at radius 3 is 1.36 bits per heavy atom.